The summed E-state index contributed by atoms with van der Waals surface area (Å²) in [6.07, 6.45) is 4.11. The molecule has 1 aliphatic heterocycles. The predicted octanol–water partition coefficient (Wildman–Crippen LogP) is 4.10. The number of benzene rings is 2. The molecule has 0 radical (unpaired) electrons. The van der Waals surface area contributed by atoms with Gasteiger partial charge in [0.05, 0.1) is 10.6 Å². The summed E-state index contributed by atoms with van der Waals surface area (Å²) in [6.45, 7) is 7.21. The van der Waals surface area contributed by atoms with Crippen LogP contribution in [0.15, 0.2) is 52.5 Å². The average Bonchev–Trinajstić information content (AvgIpc) is 3.34. The second-order valence-electron chi connectivity index (χ2n) is 9.79. The Kier molecular flexibility index (Phi) is 9.58. The van der Waals surface area contributed by atoms with Crippen molar-refractivity contribution < 1.29 is 18.0 Å². The van der Waals surface area contributed by atoms with E-state index in [-0.39, 0.29) is 22.3 Å². The predicted molar refractivity (Wildman–Crippen MR) is 152 cm³/mol. The van der Waals surface area contributed by atoms with E-state index in [0.29, 0.717) is 43.2 Å². The molecule has 3 aromatic rings. The van der Waals surface area contributed by atoms with Gasteiger partial charge >= 0.3 is 0 Å². The Bertz CT molecular complexity index is 1430. The molecular weight excluding hydrogens is 534 g/mol. The zero-order chi connectivity index (χ0) is 28.0. The van der Waals surface area contributed by atoms with Crippen LogP contribution in [0.3, 0.4) is 0 Å². The van der Waals surface area contributed by atoms with Gasteiger partial charge in [0.15, 0.2) is 10.9 Å². The number of amides is 1. The van der Waals surface area contributed by atoms with E-state index in [0.717, 1.165) is 36.3 Å². The van der Waals surface area contributed by atoms with Crippen molar-refractivity contribution in [2.45, 2.75) is 62.9 Å². The molecule has 2 heterocycles. The highest BCUT2D eigenvalue weighted by atomic mass is 32.2. The molecular formula is C28H35N5O4S2. The lowest BCUT2D eigenvalue weighted by molar-refractivity contribution is -0.118. The number of thioether (sulfide) groups is 1. The minimum atomic E-state index is -3.54. The number of sulfonamides is 1. The molecule has 0 bridgehead atoms. The zero-order valence-corrected chi connectivity index (χ0v) is 24.3. The van der Waals surface area contributed by atoms with E-state index in [1.165, 1.54) is 40.7 Å². The van der Waals surface area contributed by atoms with Gasteiger partial charge in [0.2, 0.25) is 15.9 Å². The van der Waals surface area contributed by atoms with Crippen LogP contribution in [0.1, 0.15) is 59.9 Å². The van der Waals surface area contributed by atoms with Gasteiger partial charge < -0.3 is 5.32 Å². The SMILES string of the molecule is CC(=O)NCCCc1nnc(SCC(=O)c2ccc(S(=O)(=O)N3CCCCC3)cc2)n1-c1ccc(C)c(C)c1. The van der Waals surface area contributed by atoms with Gasteiger partial charge in [-0.05, 0) is 68.5 Å². The lowest BCUT2D eigenvalue weighted by Crippen LogP contribution is -2.35. The van der Waals surface area contributed by atoms with E-state index < -0.39 is 10.0 Å². The van der Waals surface area contributed by atoms with Gasteiger partial charge in [-0.15, -0.1) is 10.2 Å². The fourth-order valence-corrected chi connectivity index (χ4v) is 6.85. The summed E-state index contributed by atoms with van der Waals surface area (Å²) in [7, 11) is -3.54. The Morgan fingerprint density at radius 2 is 1.69 bits per heavy atom. The molecule has 1 N–H and O–H groups in total. The van der Waals surface area contributed by atoms with E-state index >= 15 is 0 Å². The molecule has 1 saturated heterocycles. The van der Waals surface area contributed by atoms with Gasteiger partial charge in [-0.25, -0.2) is 8.42 Å². The smallest absolute Gasteiger partial charge is 0.243 e. The Morgan fingerprint density at radius 3 is 2.36 bits per heavy atom. The highest BCUT2D eigenvalue weighted by Gasteiger charge is 2.26. The highest BCUT2D eigenvalue weighted by Crippen LogP contribution is 2.26. The fourth-order valence-electron chi connectivity index (χ4n) is 4.47. The number of aryl methyl sites for hydroxylation is 3. The lowest BCUT2D eigenvalue weighted by atomic mass is 10.1. The molecule has 0 atom stereocenters. The summed E-state index contributed by atoms with van der Waals surface area (Å²) in [5, 5.41) is 12.2. The summed E-state index contributed by atoms with van der Waals surface area (Å²) in [6, 6.07) is 12.3. The van der Waals surface area contributed by atoms with Crippen LogP contribution in [0, 0.1) is 13.8 Å². The number of ketones is 1. The van der Waals surface area contributed by atoms with Crippen molar-refractivity contribution in [3.05, 3.63) is 65.0 Å². The third-order valence-electron chi connectivity index (χ3n) is 6.86. The summed E-state index contributed by atoms with van der Waals surface area (Å²) in [4.78, 5) is 24.5. The number of carbonyl (C=O) groups is 2. The van der Waals surface area contributed by atoms with Crippen molar-refractivity contribution in [3.63, 3.8) is 0 Å². The molecule has 4 rings (SSSR count). The zero-order valence-electron chi connectivity index (χ0n) is 22.6. The molecule has 0 unspecified atom stereocenters. The molecule has 11 heteroatoms. The first-order valence-corrected chi connectivity index (χ1v) is 15.6. The first-order chi connectivity index (χ1) is 18.7. The maximum Gasteiger partial charge on any atom is 0.243 e. The van der Waals surface area contributed by atoms with Crippen LogP contribution in [-0.2, 0) is 21.2 Å². The largest absolute Gasteiger partial charge is 0.356 e. The van der Waals surface area contributed by atoms with Gasteiger partial charge in [-0.2, -0.15) is 4.31 Å². The van der Waals surface area contributed by atoms with Gasteiger partial charge in [-0.1, -0.05) is 36.4 Å². The van der Waals surface area contributed by atoms with Gasteiger partial charge in [0, 0.05) is 44.2 Å². The number of nitrogens with zero attached hydrogens (tertiary/aromatic N) is 4. The van der Waals surface area contributed by atoms with Crippen LogP contribution in [0.25, 0.3) is 5.69 Å². The van der Waals surface area contributed by atoms with Crippen molar-refractivity contribution in [1.29, 1.82) is 0 Å². The van der Waals surface area contributed by atoms with Gasteiger partial charge in [0.1, 0.15) is 5.82 Å². The van der Waals surface area contributed by atoms with E-state index in [4.69, 9.17) is 0 Å². The first-order valence-electron chi connectivity index (χ1n) is 13.2. The second kappa shape index (κ2) is 12.9. The van der Waals surface area contributed by atoms with E-state index in [1.807, 2.05) is 23.6 Å². The first kappa shape index (κ1) is 29.0. The number of carbonyl (C=O) groups excluding carboxylic acids is 2. The molecule has 208 valence electrons. The number of hydrogen-bond donors (Lipinski definition) is 1. The van der Waals surface area contributed by atoms with Crippen molar-refractivity contribution in [2.24, 2.45) is 0 Å². The van der Waals surface area contributed by atoms with Crippen LogP contribution in [0.5, 0.6) is 0 Å². The maximum absolute atomic E-state index is 13.0. The van der Waals surface area contributed by atoms with Crippen LogP contribution >= 0.6 is 11.8 Å². The molecule has 0 spiro atoms. The average molecular weight is 570 g/mol. The number of nitrogens with one attached hydrogen (secondary N) is 1. The van der Waals surface area contributed by atoms with Crippen LogP contribution in [-0.4, -0.2) is 64.6 Å². The maximum atomic E-state index is 13.0. The molecule has 0 aliphatic carbocycles. The van der Waals surface area contributed by atoms with E-state index in [9.17, 15) is 18.0 Å². The molecule has 2 aromatic carbocycles. The van der Waals surface area contributed by atoms with Crippen LogP contribution in [0.2, 0.25) is 0 Å². The number of Topliss-reactive ketones (excluding diaryl/α,β-unsaturated/α-hetero) is 1. The topological polar surface area (TPSA) is 114 Å². The monoisotopic (exact) mass is 569 g/mol. The molecule has 9 nitrogen and oxygen atoms in total. The fraction of sp³-hybridized carbons (Fsp3) is 0.429. The van der Waals surface area contributed by atoms with Gasteiger partial charge in [-0.3, -0.25) is 14.2 Å². The Balaban J connectivity index is 1.48. The minimum absolute atomic E-state index is 0.0717. The Hall–Kier alpha value is -3.02. The van der Waals surface area contributed by atoms with Crippen LogP contribution < -0.4 is 5.32 Å². The number of rotatable bonds is 11. The molecule has 39 heavy (non-hydrogen) atoms. The third-order valence-corrected chi connectivity index (χ3v) is 9.70. The normalized spacial score (nSPS) is 14.3. The molecule has 1 amide bonds. The Morgan fingerprint density at radius 1 is 0.974 bits per heavy atom. The van der Waals surface area contributed by atoms with E-state index in [2.05, 4.69) is 28.5 Å². The minimum Gasteiger partial charge on any atom is -0.356 e. The summed E-state index contributed by atoms with van der Waals surface area (Å²) in [5.41, 5.74) is 3.68. The van der Waals surface area contributed by atoms with Crippen molar-refractivity contribution in [1.82, 2.24) is 24.4 Å². The quantitative estimate of drug-likeness (QED) is 0.210. The molecule has 1 aromatic heterocycles. The highest BCUT2D eigenvalue weighted by molar-refractivity contribution is 7.99. The molecule has 0 saturated carbocycles. The molecule has 1 fully saturated rings. The van der Waals surface area contributed by atoms with Crippen molar-refractivity contribution in [2.75, 3.05) is 25.4 Å². The number of hydrogen-bond acceptors (Lipinski definition) is 7. The lowest BCUT2D eigenvalue weighted by Gasteiger charge is -2.25. The summed E-state index contributed by atoms with van der Waals surface area (Å²) < 4.78 is 29.3. The van der Waals surface area contributed by atoms with Crippen LogP contribution in [0.4, 0.5) is 0 Å². The summed E-state index contributed by atoms with van der Waals surface area (Å²) >= 11 is 1.30. The third kappa shape index (κ3) is 7.14. The van der Waals surface area contributed by atoms with Gasteiger partial charge in [0.25, 0.3) is 0 Å². The number of piperidine rings is 1. The van der Waals surface area contributed by atoms with E-state index in [1.54, 1.807) is 12.1 Å². The summed E-state index contributed by atoms with van der Waals surface area (Å²) in [5.74, 6) is 0.694. The second-order valence-corrected chi connectivity index (χ2v) is 12.7. The van der Waals surface area contributed by atoms with Crippen molar-refractivity contribution in [3.8, 4) is 5.69 Å². The Labute approximate surface area is 234 Å². The number of aromatic nitrogens is 3. The van der Waals surface area contributed by atoms with Crippen molar-refractivity contribution >= 4 is 33.5 Å². The standard InChI is InChI=1S/C28H35N5O4S2/c1-20-9-12-24(18-21(20)2)33-27(8-7-15-29-22(3)34)30-31-28(33)38-19-26(35)23-10-13-25(14-11-23)39(36,37)32-16-5-4-6-17-32/h9-14,18H,4-8,15-17,19H2,1-3H3,(H,29,34). The molecule has 1 aliphatic rings.